The SMILES string of the molecule is COc1ccc(C(NC(=O)C2CCCC2)C2CC2)cc1. The van der Waals surface area contributed by atoms with Crippen LogP contribution in [0.5, 0.6) is 5.75 Å². The molecule has 3 rings (SSSR count). The molecule has 20 heavy (non-hydrogen) atoms. The van der Waals surface area contributed by atoms with Gasteiger partial charge in [0.15, 0.2) is 0 Å². The Morgan fingerprint density at radius 1 is 1.15 bits per heavy atom. The topological polar surface area (TPSA) is 38.3 Å². The van der Waals surface area contributed by atoms with E-state index < -0.39 is 0 Å². The number of carbonyl (C=O) groups is 1. The van der Waals surface area contributed by atoms with Crippen molar-refractivity contribution in [2.24, 2.45) is 11.8 Å². The number of hydrogen-bond donors (Lipinski definition) is 1. The molecule has 2 aliphatic carbocycles. The number of methoxy groups -OCH3 is 1. The van der Waals surface area contributed by atoms with Crippen molar-refractivity contribution in [2.45, 2.75) is 44.6 Å². The summed E-state index contributed by atoms with van der Waals surface area (Å²) in [5.41, 5.74) is 1.21. The molecule has 2 aliphatic rings. The Bertz CT molecular complexity index is 458. The Morgan fingerprint density at radius 2 is 1.80 bits per heavy atom. The van der Waals surface area contributed by atoms with Crippen molar-refractivity contribution < 1.29 is 9.53 Å². The van der Waals surface area contributed by atoms with E-state index in [9.17, 15) is 4.79 Å². The number of benzene rings is 1. The Hall–Kier alpha value is -1.51. The van der Waals surface area contributed by atoms with Gasteiger partial charge in [0, 0.05) is 5.92 Å². The van der Waals surface area contributed by atoms with Crippen LogP contribution in [0.2, 0.25) is 0 Å². The zero-order chi connectivity index (χ0) is 13.9. The van der Waals surface area contributed by atoms with Crippen molar-refractivity contribution in [3.05, 3.63) is 29.8 Å². The molecule has 0 aliphatic heterocycles. The zero-order valence-corrected chi connectivity index (χ0v) is 12.1. The molecule has 1 aromatic rings. The van der Waals surface area contributed by atoms with Crippen LogP contribution in [0.3, 0.4) is 0 Å². The number of amides is 1. The van der Waals surface area contributed by atoms with Crippen molar-refractivity contribution in [2.75, 3.05) is 7.11 Å². The molecule has 2 saturated carbocycles. The van der Waals surface area contributed by atoms with E-state index in [4.69, 9.17) is 4.74 Å². The van der Waals surface area contributed by atoms with Gasteiger partial charge < -0.3 is 10.1 Å². The van der Waals surface area contributed by atoms with Crippen LogP contribution in [0.25, 0.3) is 0 Å². The van der Waals surface area contributed by atoms with Gasteiger partial charge in [0.1, 0.15) is 5.75 Å². The highest BCUT2D eigenvalue weighted by atomic mass is 16.5. The fraction of sp³-hybridized carbons (Fsp3) is 0.588. The third-order valence-electron chi connectivity index (χ3n) is 4.59. The van der Waals surface area contributed by atoms with Crippen molar-refractivity contribution in [1.29, 1.82) is 0 Å². The zero-order valence-electron chi connectivity index (χ0n) is 12.1. The van der Waals surface area contributed by atoms with Gasteiger partial charge in [0.2, 0.25) is 5.91 Å². The van der Waals surface area contributed by atoms with Crippen LogP contribution in [0.1, 0.15) is 50.1 Å². The molecule has 108 valence electrons. The number of carbonyl (C=O) groups excluding carboxylic acids is 1. The van der Waals surface area contributed by atoms with E-state index in [1.54, 1.807) is 7.11 Å². The molecule has 1 unspecified atom stereocenters. The first-order valence-corrected chi connectivity index (χ1v) is 7.72. The first-order chi connectivity index (χ1) is 9.78. The fourth-order valence-electron chi connectivity index (χ4n) is 3.17. The quantitative estimate of drug-likeness (QED) is 0.892. The molecule has 0 bridgehead atoms. The van der Waals surface area contributed by atoms with Gasteiger partial charge in [-0.1, -0.05) is 25.0 Å². The summed E-state index contributed by atoms with van der Waals surface area (Å²) < 4.78 is 5.20. The highest BCUT2D eigenvalue weighted by Gasteiger charge is 2.35. The van der Waals surface area contributed by atoms with E-state index >= 15 is 0 Å². The largest absolute Gasteiger partial charge is 0.497 e. The minimum atomic E-state index is 0.189. The summed E-state index contributed by atoms with van der Waals surface area (Å²) in [6.07, 6.45) is 6.98. The molecule has 0 radical (unpaired) electrons. The number of ether oxygens (including phenoxy) is 1. The minimum Gasteiger partial charge on any atom is -0.497 e. The second-order valence-electron chi connectivity index (χ2n) is 6.08. The van der Waals surface area contributed by atoms with Gasteiger partial charge in [0.25, 0.3) is 0 Å². The molecule has 2 fully saturated rings. The Balaban J connectivity index is 1.69. The second-order valence-corrected chi connectivity index (χ2v) is 6.08. The highest BCUT2D eigenvalue weighted by molar-refractivity contribution is 5.79. The minimum absolute atomic E-state index is 0.189. The Morgan fingerprint density at radius 3 is 2.35 bits per heavy atom. The molecule has 1 amide bonds. The van der Waals surface area contributed by atoms with Crippen LogP contribution < -0.4 is 10.1 Å². The van der Waals surface area contributed by atoms with Crippen molar-refractivity contribution in [3.8, 4) is 5.75 Å². The van der Waals surface area contributed by atoms with E-state index in [0.717, 1.165) is 18.6 Å². The first-order valence-electron chi connectivity index (χ1n) is 7.72. The summed E-state index contributed by atoms with van der Waals surface area (Å²) in [7, 11) is 1.68. The number of rotatable bonds is 5. The Labute approximate surface area is 120 Å². The van der Waals surface area contributed by atoms with Gasteiger partial charge in [-0.3, -0.25) is 4.79 Å². The van der Waals surface area contributed by atoms with Crippen molar-refractivity contribution in [1.82, 2.24) is 5.32 Å². The molecule has 0 heterocycles. The molecule has 1 N–H and O–H groups in total. The maximum atomic E-state index is 12.3. The summed E-state index contributed by atoms with van der Waals surface area (Å²) in [5.74, 6) is 1.99. The van der Waals surface area contributed by atoms with Gasteiger partial charge in [-0.05, 0) is 49.3 Å². The Kier molecular flexibility index (Phi) is 3.95. The van der Waals surface area contributed by atoms with E-state index in [1.165, 1.54) is 31.2 Å². The average molecular weight is 273 g/mol. The van der Waals surface area contributed by atoms with Gasteiger partial charge in [-0.15, -0.1) is 0 Å². The van der Waals surface area contributed by atoms with Crippen LogP contribution in [0.15, 0.2) is 24.3 Å². The maximum Gasteiger partial charge on any atom is 0.223 e. The van der Waals surface area contributed by atoms with Gasteiger partial charge in [0.05, 0.1) is 13.2 Å². The summed E-state index contributed by atoms with van der Waals surface area (Å²) in [6, 6.07) is 8.31. The standard InChI is InChI=1S/C17H23NO2/c1-20-15-10-8-13(9-11-15)16(12-6-7-12)18-17(19)14-4-2-3-5-14/h8-12,14,16H,2-7H2,1H3,(H,18,19). The smallest absolute Gasteiger partial charge is 0.223 e. The maximum absolute atomic E-state index is 12.3. The van der Waals surface area contributed by atoms with Crippen LogP contribution >= 0.6 is 0 Å². The van der Waals surface area contributed by atoms with Crippen LogP contribution in [0.4, 0.5) is 0 Å². The monoisotopic (exact) mass is 273 g/mol. The normalized spacial score (nSPS) is 20.6. The van der Waals surface area contributed by atoms with Gasteiger partial charge in [-0.2, -0.15) is 0 Å². The molecule has 0 aromatic heterocycles. The van der Waals surface area contributed by atoms with Crippen LogP contribution in [0, 0.1) is 11.8 Å². The third kappa shape index (κ3) is 2.97. The summed E-state index contributed by atoms with van der Waals surface area (Å²) in [6.45, 7) is 0. The van der Waals surface area contributed by atoms with Gasteiger partial charge in [-0.25, -0.2) is 0 Å². The molecular weight excluding hydrogens is 250 g/mol. The molecule has 3 nitrogen and oxygen atoms in total. The molecule has 1 atom stereocenters. The summed E-state index contributed by atoms with van der Waals surface area (Å²) in [4.78, 5) is 12.3. The lowest BCUT2D eigenvalue weighted by atomic mass is 10.00. The lowest BCUT2D eigenvalue weighted by molar-refractivity contribution is -0.125. The predicted octanol–water partition coefficient (Wildman–Crippen LogP) is 3.45. The fourth-order valence-corrected chi connectivity index (χ4v) is 3.17. The third-order valence-corrected chi connectivity index (χ3v) is 4.59. The number of nitrogens with one attached hydrogen (secondary N) is 1. The lowest BCUT2D eigenvalue weighted by Gasteiger charge is -2.21. The van der Waals surface area contributed by atoms with E-state index in [0.29, 0.717) is 5.92 Å². The van der Waals surface area contributed by atoms with Crippen LogP contribution in [-0.4, -0.2) is 13.0 Å². The van der Waals surface area contributed by atoms with Crippen molar-refractivity contribution in [3.63, 3.8) is 0 Å². The summed E-state index contributed by atoms with van der Waals surface area (Å²) >= 11 is 0. The number of hydrogen-bond acceptors (Lipinski definition) is 2. The first kappa shape index (κ1) is 13.5. The predicted molar refractivity (Wildman–Crippen MR) is 78.6 cm³/mol. The highest BCUT2D eigenvalue weighted by Crippen LogP contribution is 2.41. The second kappa shape index (κ2) is 5.86. The lowest BCUT2D eigenvalue weighted by Crippen LogP contribution is -2.34. The molecular formula is C17H23NO2. The van der Waals surface area contributed by atoms with E-state index in [-0.39, 0.29) is 17.9 Å². The molecule has 1 aromatic carbocycles. The molecule has 0 spiro atoms. The molecule has 3 heteroatoms. The van der Waals surface area contributed by atoms with Crippen LogP contribution in [-0.2, 0) is 4.79 Å². The van der Waals surface area contributed by atoms with E-state index in [2.05, 4.69) is 17.4 Å². The molecule has 0 saturated heterocycles. The average Bonchev–Trinajstić information content (AvgIpc) is 3.17. The summed E-state index contributed by atoms with van der Waals surface area (Å²) in [5, 5.41) is 3.29. The van der Waals surface area contributed by atoms with E-state index in [1.807, 2.05) is 12.1 Å². The van der Waals surface area contributed by atoms with Gasteiger partial charge >= 0.3 is 0 Å². The van der Waals surface area contributed by atoms with Crippen molar-refractivity contribution >= 4 is 5.91 Å².